The van der Waals surface area contributed by atoms with Gasteiger partial charge >= 0.3 is 0 Å². The van der Waals surface area contributed by atoms with Crippen molar-refractivity contribution >= 4 is 0 Å². The Morgan fingerprint density at radius 1 is 0.667 bits per heavy atom. The van der Waals surface area contributed by atoms with Gasteiger partial charge in [0.2, 0.25) is 0 Å². The molecule has 0 spiro atoms. The van der Waals surface area contributed by atoms with Crippen molar-refractivity contribution in [3.63, 3.8) is 0 Å². The molecule has 178 valence electrons. The van der Waals surface area contributed by atoms with E-state index in [2.05, 4.69) is 79.5 Å². The second-order valence-electron chi connectivity index (χ2n) is 13.5. The average Bonchev–Trinajstić information content (AvgIpc) is 3.08. The van der Waals surface area contributed by atoms with Crippen LogP contribution < -0.4 is 0 Å². The topological polar surface area (TPSA) is 6.48 Å². The molecule has 3 fully saturated rings. The largest absolute Gasteiger partial charge is 0.328 e. The Bertz CT molecular complexity index is 479. The third kappa shape index (κ3) is 7.18. The van der Waals surface area contributed by atoms with Crippen LogP contribution in [0, 0.1) is 0 Å². The van der Waals surface area contributed by atoms with E-state index in [9.17, 15) is 0 Å². The maximum Gasteiger partial charge on any atom is 0.0913 e. The maximum absolute atomic E-state index is 2.66. The molecule has 0 unspecified atom stereocenters. The van der Waals surface area contributed by atoms with Crippen molar-refractivity contribution in [2.45, 2.75) is 103 Å². The highest BCUT2D eigenvalue weighted by atomic mass is 15.4. The fourth-order valence-corrected chi connectivity index (χ4v) is 5.89. The highest BCUT2D eigenvalue weighted by Gasteiger charge is 2.39. The van der Waals surface area contributed by atoms with Crippen LogP contribution in [-0.2, 0) is 0 Å². The van der Waals surface area contributed by atoms with Crippen molar-refractivity contribution in [2.24, 2.45) is 0 Å². The molecule has 0 aromatic rings. The smallest absolute Gasteiger partial charge is 0.0913 e. The van der Waals surface area contributed by atoms with Gasteiger partial charge in [0.05, 0.1) is 53.4 Å². The van der Waals surface area contributed by atoms with E-state index in [1.54, 1.807) is 0 Å². The molecular weight excluding hydrogens is 368 g/mol. The lowest BCUT2D eigenvalue weighted by molar-refractivity contribution is -0.923. The van der Waals surface area contributed by atoms with E-state index in [4.69, 9.17) is 0 Å². The number of likely N-dealkylation sites (tertiary alicyclic amines) is 3. The number of nitrogens with zero attached hydrogens (tertiary/aromatic N) is 4. The van der Waals surface area contributed by atoms with Crippen molar-refractivity contribution < 1.29 is 8.97 Å². The van der Waals surface area contributed by atoms with Gasteiger partial charge in [-0.25, -0.2) is 0 Å². The standard InChI is InChI=1S/C14H29N2.C12H27N2/c1-14(2,3)15-9-7-13(8-10-15)16(4)11-5-6-12-16;1-12(2,3)13-9-7-11(8-10-13)14(4,5)6/h13H,5-12H2,1-4H3;11H,7-10H2,1-6H3/q2*+1. The summed E-state index contributed by atoms with van der Waals surface area (Å²) in [5, 5.41) is 0. The molecule has 0 radical (unpaired) electrons. The molecule has 4 nitrogen and oxygen atoms in total. The Morgan fingerprint density at radius 2 is 1.03 bits per heavy atom. The molecule has 4 heteroatoms. The molecule has 30 heavy (non-hydrogen) atoms. The molecule has 0 bridgehead atoms. The lowest BCUT2D eigenvalue weighted by Gasteiger charge is -2.46. The van der Waals surface area contributed by atoms with Crippen molar-refractivity contribution in [1.29, 1.82) is 0 Å². The first-order valence-corrected chi connectivity index (χ1v) is 12.8. The Morgan fingerprint density at radius 3 is 1.37 bits per heavy atom. The van der Waals surface area contributed by atoms with Crippen LogP contribution in [-0.4, -0.2) is 109 Å². The van der Waals surface area contributed by atoms with Gasteiger partial charge in [-0.05, 0) is 41.5 Å². The van der Waals surface area contributed by atoms with Gasteiger partial charge in [-0.2, -0.15) is 0 Å². The summed E-state index contributed by atoms with van der Waals surface area (Å²) in [4.78, 5) is 5.27. The number of piperidine rings is 2. The van der Waals surface area contributed by atoms with Gasteiger partial charge in [0.25, 0.3) is 0 Å². The Hall–Kier alpha value is -0.160. The molecular formula is C26H56N4+2. The van der Waals surface area contributed by atoms with Crippen molar-refractivity contribution in [1.82, 2.24) is 9.80 Å². The Labute approximate surface area is 189 Å². The summed E-state index contributed by atoms with van der Waals surface area (Å²) in [6.45, 7) is 22.0. The average molecular weight is 425 g/mol. The van der Waals surface area contributed by atoms with Crippen LogP contribution >= 0.6 is 0 Å². The first-order valence-electron chi connectivity index (χ1n) is 12.8. The van der Waals surface area contributed by atoms with Gasteiger partial charge in [-0.1, -0.05) is 0 Å². The first-order chi connectivity index (χ1) is 13.6. The monoisotopic (exact) mass is 424 g/mol. The van der Waals surface area contributed by atoms with Crippen LogP contribution in [0.4, 0.5) is 0 Å². The van der Waals surface area contributed by atoms with Gasteiger partial charge in [0.1, 0.15) is 0 Å². The second-order valence-corrected chi connectivity index (χ2v) is 13.5. The minimum Gasteiger partial charge on any atom is -0.328 e. The molecule has 0 aromatic heterocycles. The van der Waals surface area contributed by atoms with Crippen LogP contribution in [0.3, 0.4) is 0 Å². The quantitative estimate of drug-likeness (QED) is 0.605. The normalized spacial score (nSPS) is 25.8. The van der Waals surface area contributed by atoms with E-state index in [1.807, 2.05) is 0 Å². The predicted octanol–water partition coefficient (Wildman–Crippen LogP) is 4.45. The number of hydrogen-bond donors (Lipinski definition) is 0. The van der Waals surface area contributed by atoms with Crippen LogP contribution in [0.2, 0.25) is 0 Å². The van der Waals surface area contributed by atoms with Gasteiger partial charge in [0, 0.05) is 75.8 Å². The summed E-state index contributed by atoms with van der Waals surface area (Å²) in [7, 11) is 9.44. The zero-order valence-corrected chi connectivity index (χ0v) is 22.4. The minimum absolute atomic E-state index is 0.357. The summed E-state index contributed by atoms with van der Waals surface area (Å²) in [5.41, 5.74) is 0.727. The third-order valence-electron chi connectivity index (χ3n) is 8.39. The molecule has 0 atom stereocenters. The zero-order valence-electron chi connectivity index (χ0n) is 22.4. The molecule has 0 aliphatic carbocycles. The second kappa shape index (κ2) is 9.77. The van der Waals surface area contributed by atoms with Crippen molar-refractivity contribution in [3.8, 4) is 0 Å². The Balaban J connectivity index is 0.000000216. The highest BCUT2D eigenvalue weighted by Crippen LogP contribution is 2.30. The van der Waals surface area contributed by atoms with E-state index in [0.29, 0.717) is 11.1 Å². The molecule has 0 saturated carbocycles. The van der Waals surface area contributed by atoms with E-state index in [-0.39, 0.29) is 0 Å². The van der Waals surface area contributed by atoms with Crippen LogP contribution in [0.15, 0.2) is 0 Å². The van der Waals surface area contributed by atoms with Gasteiger partial charge in [-0.3, -0.25) is 9.80 Å². The zero-order chi connectivity index (χ0) is 22.8. The lowest BCUT2D eigenvalue weighted by Crippen LogP contribution is -2.56. The molecule has 3 saturated heterocycles. The third-order valence-corrected chi connectivity index (χ3v) is 8.39. The minimum atomic E-state index is 0.357. The van der Waals surface area contributed by atoms with E-state index in [0.717, 1.165) is 16.6 Å². The number of quaternary nitrogens is 2. The summed E-state index contributed by atoms with van der Waals surface area (Å²) < 4.78 is 2.50. The van der Waals surface area contributed by atoms with E-state index in [1.165, 1.54) is 82.3 Å². The number of rotatable bonds is 2. The molecule has 3 aliphatic heterocycles. The summed E-state index contributed by atoms with van der Waals surface area (Å²) >= 11 is 0. The molecule has 3 heterocycles. The van der Waals surface area contributed by atoms with Gasteiger partial charge in [0.15, 0.2) is 0 Å². The Kier molecular flexibility index (Phi) is 8.50. The summed E-state index contributed by atoms with van der Waals surface area (Å²) in [5.74, 6) is 0. The SMILES string of the molecule is CC(C)(C)N1CCC([N+](C)(C)C)CC1.CC(C)(C)N1CCC([N+]2(C)CCCC2)CC1. The van der Waals surface area contributed by atoms with Crippen molar-refractivity contribution in [2.75, 3.05) is 67.5 Å². The van der Waals surface area contributed by atoms with Crippen LogP contribution in [0.5, 0.6) is 0 Å². The van der Waals surface area contributed by atoms with Gasteiger partial charge in [-0.15, -0.1) is 0 Å². The molecule has 3 aliphatic rings. The maximum atomic E-state index is 2.66. The fourth-order valence-electron chi connectivity index (χ4n) is 5.89. The lowest BCUT2D eigenvalue weighted by atomic mass is 9.96. The first kappa shape index (κ1) is 26.1. The predicted molar refractivity (Wildman–Crippen MR) is 132 cm³/mol. The van der Waals surface area contributed by atoms with Gasteiger partial charge < -0.3 is 8.97 Å². The fraction of sp³-hybridized carbons (Fsp3) is 1.00. The van der Waals surface area contributed by atoms with Crippen LogP contribution in [0.1, 0.15) is 80.1 Å². The molecule has 0 N–H and O–H groups in total. The molecule has 0 aromatic carbocycles. The summed E-state index contributed by atoms with van der Waals surface area (Å²) in [6.07, 6.45) is 8.43. The molecule has 0 amide bonds. The highest BCUT2D eigenvalue weighted by molar-refractivity contribution is 4.83. The van der Waals surface area contributed by atoms with Crippen molar-refractivity contribution in [3.05, 3.63) is 0 Å². The van der Waals surface area contributed by atoms with E-state index >= 15 is 0 Å². The summed E-state index contributed by atoms with van der Waals surface area (Å²) in [6, 6.07) is 1.80. The molecule has 3 rings (SSSR count). The number of hydrogen-bond acceptors (Lipinski definition) is 2. The van der Waals surface area contributed by atoms with Crippen LogP contribution in [0.25, 0.3) is 0 Å². The van der Waals surface area contributed by atoms with E-state index < -0.39 is 0 Å².